The van der Waals surface area contributed by atoms with Crippen LogP contribution < -0.4 is 5.73 Å². The number of fused-ring (bicyclic) bond motifs is 1. The van der Waals surface area contributed by atoms with Crippen LogP contribution in [-0.2, 0) is 6.54 Å². The molecule has 0 aliphatic carbocycles. The van der Waals surface area contributed by atoms with Crippen molar-refractivity contribution < 1.29 is 9.90 Å². The van der Waals surface area contributed by atoms with Crippen molar-refractivity contribution in [2.45, 2.75) is 6.54 Å². The van der Waals surface area contributed by atoms with Crippen molar-refractivity contribution in [1.82, 2.24) is 14.9 Å². The first-order chi connectivity index (χ1) is 8.47. The molecule has 94 valence electrons. The number of rotatable bonds is 3. The molecule has 2 rings (SSSR count). The lowest BCUT2D eigenvalue weighted by Crippen LogP contribution is -2.23. The molecule has 2 aromatic heterocycles. The molecule has 0 aliphatic rings. The predicted molar refractivity (Wildman–Crippen MR) is 66.6 cm³/mol. The summed E-state index contributed by atoms with van der Waals surface area (Å²) >= 11 is 0. The van der Waals surface area contributed by atoms with Crippen LogP contribution in [-0.4, -0.2) is 39.0 Å². The Labute approximate surface area is 103 Å². The average molecular weight is 247 g/mol. The lowest BCUT2D eigenvalue weighted by atomic mass is 10.3. The number of pyridine rings is 1. The third-order valence-electron chi connectivity index (χ3n) is 2.54. The van der Waals surface area contributed by atoms with Crippen molar-refractivity contribution in [2.24, 2.45) is 5.73 Å². The van der Waals surface area contributed by atoms with Crippen molar-refractivity contribution in [3.05, 3.63) is 29.6 Å². The number of carbonyl (C=O) groups is 1. The van der Waals surface area contributed by atoms with Crippen LogP contribution >= 0.6 is 0 Å². The van der Waals surface area contributed by atoms with Gasteiger partial charge in [-0.2, -0.15) is 0 Å². The van der Waals surface area contributed by atoms with E-state index in [1.807, 2.05) is 0 Å². The number of aromatic nitrogens is 2. The van der Waals surface area contributed by atoms with Crippen molar-refractivity contribution in [2.75, 3.05) is 7.05 Å². The van der Waals surface area contributed by atoms with Crippen molar-refractivity contribution in [3.63, 3.8) is 0 Å². The van der Waals surface area contributed by atoms with E-state index in [0.29, 0.717) is 11.2 Å². The molecular weight excluding hydrogens is 234 g/mol. The van der Waals surface area contributed by atoms with Gasteiger partial charge in [-0.25, -0.2) is 9.78 Å². The zero-order valence-electron chi connectivity index (χ0n) is 9.77. The molecule has 2 aromatic rings. The monoisotopic (exact) mass is 247 g/mol. The van der Waals surface area contributed by atoms with E-state index in [1.54, 1.807) is 18.2 Å². The van der Waals surface area contributed by atoms with Gasteiger partial charge in [0, 0.05) is 12.7 Å². The second kappa shape index (κ2) is 4.36. The van der Waals surface area contributed by atoms with Gasteiger partial charge < -0.3 is 20.7 Å². The average Bonchev–Trinajstić information content (AvgIpc) is 2.69. The molecule has 0 unspecified atom stereocenters. The highest BCUT2D eigenvalue weighted by Crippen LogP contribution is 2.14. The van der Waals surface area contributed by atoms with Gasteiger partial charge in [0.15, 0.2) is 0 Å². The molecule has 0 fully saturated rings. The maximum absolute atomic E-state index is 10.7. The van der Waals surface area contributed by atoms with Crippen LogP contribution in [0, 0.1) is 5.41 Å². The highest BCUT2D eigenvalue weighted by molar-refractivity contribution is 5.95. The highest BCUT2D eigenvalue weighted by atomic mass is 16.4. The molecule has 0 saturated carbocycles. The minimum absolute atomic E-state index is 0.0951. The molecule has 0 bridgehead atoms. The summed E-state index contributed by atoms with van der Waals surface area (Å²) in [4.78, 5) is 19.1. The Hall–Kier alpha value is -2.57. The van der Waals surface area contributed by atoms with E-state index in [9.17, 15) is 4.79 Å². The van der Waals surface area contributed by atoms with Gasteiger partial charge in [-0.3, -0.25) is 5.41 Å². The first-order valence-electron chi connectivity index (χ1n) is 5.24. The van der Waals surface area contributed by atoms with Crippen molar-refractivity contribution in [1.29, 1.82) is 5.41 Å². The molecular formula is C11H13N5O2. The lowest BCUT2D eigenvalue weighted by molar-refractivity contribution is 0.153. The Bertz CT molecular complexity index is 619. The fourth-order valence-corrected chi connectivity index (χ4v) is 1.62. The predicted octanol–water partition coefficient (Wildman–Crippen LogP) is 0.957. The molecule has 0 saturated heterocycles. The Kier molecular flexibility index (Phi) is 2.88. The minimum atomic E-state index is -0.994. The van der Waals surface area contributed by atoms with E-state index in [1.165, 1.54) is 7.05 Å². The number of amides is 1. The van der Waals surface area contributed by atoms with E-state index in [-0.39, 0.29) is 12.4 Å². The number of hydrogen-bond donors (Lipinski definition) is 4. The minimum Gasteiger partial charge on any atom is -0.465 e. The molecule has 7 heteroatoms. The quantitative estimate of drug-likeness (QED) is 0.477. The number of nitrogen functional groups attached to an aromatic ring is 1. The molecule has 0 atom stereocenters. The summed E-state index contributed by atoms with van der Waals surface area (Å²) in [6, 6.07) is 5.16. The van der Waals surface area contributed by atoms with Gasteiger partial charge in [0.1, 0.15) is 11.5 Å². The Morgan fingerprint density at radius 1 is 1.61 bits per heavy atom. The maximum Gasteiger partial charge on any atom is 0.407 e. The topological polar surface area (TPSA) is 119 Å². The van der Waals surface area contributed by atoms with Crippen LogP contribution in [0.2, 0.25) is 0 Å². The second-order valence-electron chi connectivity index (χ2n) is 3.98. The molecule has 5 N–H and O–H groups in total. The summed E-state index contributed by atoms with van der Waals surface area (Å²) in [5.41, 5.74) is 7.95. The first-order valence-corrected chi connectivity index (χ1v) is 5.24. The SMILES string of the molecule is CN(Cc1cc2nc(C(=N)N)ccc2[nH]1)C(=O)O. The highest BCUT2D eigenvalue weighted by Gasteiger charge is 2.09. The number of nitrogens with two attached hydrogens (primary N) is 1. The zero-order valence-corrected chi connectivity index (χ0v) is 9.77. The van der Waals surface area contributed by atoms with Gasteiger partial charge in [-0.1, -0.05) is 0 Å². The van der Waals surface area contributed by atoms with E-state index >= 15 is 0 Å². The van der Waals surface area contributed by atoms with Gasteiger partial charge in [0.2, 0.25) is 0 Å². The van der Waals surface area contributed by atoms with E-state index in [2.05, 4.69) is 9.97 Å². The number of nitrogens with one attached hydrogen (secondary N) is 2. The summed E-state index contributed by atoms with van der Waals surface area (Å²) in [5.74, 6) is -0.0951. The van der Waals surface area contributed by atoms with E-state index in [0.717, 1.165) is 16.1 Å². The molecule has 7 nitrogen and oxygen atoms in total. The molecule has 18 heavy (non-hydrogen) atoms. The Balaban J connectivity index is 2.32. The first kappa shape index (κ1) is 11.9. The van der Waals surface area contributed by atoms with E-state index < -0.39 is 6.09 Å². The standard InChI is InChI=1S/C11H13N5O2/c1-16(11(17)18)5-6-4-9-7(14-6)2-3-8(15-9)10(12)13/h2-4,14H,5H2,1H3,(H3,12,13)(H,17,18). The van der Waals surface area contributed by atoms with Crippen molar-refractivity contribution >= 4 is 23.0 Å². The van der Waals surface area contributed by atoms with Gasteiger partial charge >= 0.3 is 6.09 Å². The fourth-order valence-electron chi connectivity index (χ4n) is 1.62. The summed E-state index contributed by atoms with van der Waals surface area (Å²) in [7, 11) is 1.49. The van der Waals surface area contributed by atoms with Gasteiger partial charge in [0.25, 0.3) is 0 Å². The number of hydrogen-bond acceptors (Lipinski definition) is 3. The molecule has 2 heterocycles. The van der Waals surface area contributed by atoms with Crippen LogP contribution in [0.4, 0.5) is 4.79 Å². The van der Waals surface area contributed by atoms with Crippen LogP contribution in [0.25, 0.3) is 11.0 Å². The Morgan fingerprint density at radius 2 is 2.33 bits per heavy atom. The van der Waals surface area contributed by atoms with Gasteiger partial charge in [0.05, 0.1) is 17.6 Å². The number of aromatic amines is 1. The van der Waals surface area contributed by atoms with Gasteiger partial charge in [-0.15, -0.1) is 0 Å². The van der Waals surface area contributed by atoms with Crippen LogP contribution in [0.15, 0.2) is 18.2 Å². The summed E-state index contributed by atoms with van der Waals surface area (Å²) in [5, 5.41) is 16.1. The van der Waals surface area contributed by atoms with Gasteiger partial charge in [-0.05, 0) is 18.2 Å². The summed E-state index contributed by atoms with van der Waals surface area (Å²) in [6.45, 7) is 0.251. The molecule has 0 spiro atoms. The number of H-pyrrole nitrogens is 1. The molecule has 0 aliphatic heterocycles. The molecule has 1 amide bonds. The maximum atomic E-state index is 10.7. The van der Waals surface area contributed by atoms with Crippen molar-refractivity contribution in [3.8, 4) is 0 Å². The van der Waals surface area contributed by atoms with Crippen LogP contribution in [0.5, 0.6) is 0 Å². The molecule has 0 radical (unpaired) electrons. The van der Waals surface area contributed by atoms with E-state index in [4.69, 9.17) is 16.2 Å². The van der Waals surface area contributed by atoms with Crippen LogP contribution in [0.3, 0.4) is 0 Å². The second-order valence-corrected chi connectivity index (χ2v) is 3.98. The third kappa shape index (κ3) is 2.24. The molecule has 0 aromatic carbocycles. The largest absolute Gasteiger partial charge is 0.465 e. The summed E-state index contributed by atoms with van der Waals surface area (Å²) in [6.07, 6.45) is -0.994. The lowest BCUT2D eigenvalue weighted by Gasteiger charge is -2.10. The Morgan fingerprint density at radius 3 is 2.94 bits per heavy atom. The normalized spacial score (nSPS) is 10.5. The number of carboxylic acid groups (broad SMARTS) is 1. The van der Waals surface area contributed by atoms with Crippen LogP contribution in [0.1, 0.15) is 11.4 Å². The number of amidine groups is 1. The number of nitrogens with zero attached hydrogens (tertiary/aromatic N) is 2. The third-order valence-corrected chi connectivity index (χ3v) is 2.54. The summed E-state index contributed by atoms with van der Waals surface area (Å²) < 4.78 is 0. The zero-order chi connectivity index (χ0) is 13.3. The smallest absolute Gasteiger partial charge is 0.407 e. The fraction of sp³-hybridized carbons (Fsp3) is 0.182.